The minimum atomic E-state index is -0.153. The number of hydrogen-bond donors (Lipinski definition) is 1. The molecule has 1 amide bonds. The average molecular weight is 422 g/mol. The van der Waals surface area contributed by atoms with Crippen LogP contribution >= 0.6 is 0 Å². The minimum Gasteiger partial charge on any atom is -0.483 e. The zero-order valence-corrected chi connectivity index (χ0v) is 17.9. The number of rotatable bonds is 6. The number of aromatic nitrogens is 4. The fraction of sp³-hybridized carbons (Fsp3) is 0.391. The van der Waals surface area contributed by atoms with E-state index in [2.05, 4.69) is 15.4 Å². The molecule has 1 atom stereocenters. The number of carbonyl (C=O) groups is 1. The van der Waals surface area contributed by atoms with Crippen LogP contribution in [0, 0.1) is 13.8 Å². The maximum atomic E-state index is 12.8. The van der Waals surface area contributed by atoms with Crippen molar-refractivity contribution in [3.8, 4) is 5.75 Å². The van der Waals surface area contributed by atoms with Gasteiger partial charge in [0, 0.05) is 31.4 Å². The van der Waals surface area contributed by atoms with E-state index in [1.165, 1.54) is 4.68 Å². The first-order valence-electron chi connectivity index (χ1n) is 10.5. The van der Waals surface area contributed by atoms with Crippen LogP contribution in [-0.4, -0.2) is 37.9 Å². The summed E-state index contributed by atoms with van der Waals surface area (Å²) in [5.41, 5.74) is 2.99. The van der Waals surface area contributed by atoms with Crippen LogP contribution in [0.15, 0.2) is 47.5 Å². The molecule has 0 saturated heterocycles. The molecule has 8 nitrogen and oxygen atoms in total. The zero-order valence-electron chi connectivity index (χ0n) is 17.9. The Bertz CT molecular complexity index is 1120. The molecule has 1 aromatic carbocycles. The second-order valence-electron chi connectivity index (χ2n) is 7.95. The van der Waals surface area contributed by atoms with E-state index in [1.54, 1.807) is 17.0 Å². The monoisotopic (exact) mass is 421 g/mol. The predicted molar refractivity (Wildman–Crippen MR) is 116 cm³/mol. The highest BCUT2D eigenvalue weighted by molar-refractivity contribution is 5.77. The molecule has 31 heavy (non-hydrogen) atoms. The summed E-state index contributed by atoms with van der Waals surface area (Å²) < 4.78 is 8.91. The predicted octanol–water partition coefficient (Wildman–Crippen LogP) is 2.01. The van der Waals surface area contributed by atoms with Gasteiger partial charge in [-0.3, -0.25) is 14.3 Å². The molecule has 0 aliphatic carbocycles. The van der Waals surface area contributed by atoms with E-state index in [-0.39, 0.29) is 24.2 Å². The molecule has 0 spiro atoms. The number of carbonyl (C=O) groups excluding carboxylic acids is 1. The average Bonchev–Trinajstić information content (AvgIpc) is 2.92. The van der Waals surface area contributed by atoms with Crippen LogP contribution in [-0.2, 0) is 24.3 Å². The lowest BCUT2D eigenvalue weighted by Crippen LogP contribution is -2.38. The van der Waals surface area contributed by atoms with E-state index in [9.17, 15) is 9.59 Å². The number of hydrogen-bond acceptors (Lipinski definition) is 5. The summed E-state index contributed by atoms with van der Waals surface area (Å²) in [6.45, 7) is 4.91. The number of fused-ring (bicyclic) bond motifs is 1. The van der Waals surface area contributed by atoms with Crippen molar-refractivity contribution < 1.29 is 9.53 Å². The van der Waals surface area contributed by atoms with Crippen molar-refractivity contribution in [2.75, 3.05) is 6.61 Å². The normalized spacial score (nSPS) is 15.7. The first-order chi connectivity index (χ1) is 15.0. The van der Waals surface area contributed by atoms with Crippen molar-refractivity contribution in [2.45, 2.75) is 52.2 Å². The molecule has 2 aromatic heterocycles. The minimum absolute atomic E-state index is 0.0115. The van der Waals surface area contributed by atoms with Gasteiger partial charge in [-0.15, -0.1) is 0 Å². The Morgan fingerprint density at radius 3 is 2.90 bits per heavy atom. The lowest BCUT2D eigenvalue weighted by Gasteiger charge is -2.17. The van der Waals surface area contributed by atoms with E-state index in [1.807, 2.05) is 44.2 Å². The molecule has 0 radical (unpaired) electrons. The Hall–Kier alpha value is -3.42. The lowest BCUT2D eigenvalue weighted by atomic mass is 10.1. The maximum Gasteiger partial charge on any atom is 0.346 e. The molecular formula is C23H27N5O3. The molecule has 1 aliphatic rings. The van der Waals surface area contributed by atoms with Crippen molar-refractivity contribution in [2.24, 2.45) is 0 Å². The summed E-state index contributed by atoms with van der Waals surface area (Å²) in [4.78, 5) is 29.2. The van der Waals surface area contributed by atoms with E-state index >= 15 is 0 Å². The van der Waals surface area contributed by atoms with Crippen molar-refractivity contribution in [1.29, 1.82) is 0 Å². The van der Waals surface area contributed by atoms with Crippen molar-refractivity contribution in [3.05, 3.63) is 75.7 Å². The standard InChI is InChI=1S/C23H27N5O3/c1-16-5-3-7-20(17(16)2)31-15-22(29)25-19-8-9-21-26-28(23(30)27(21)12-10-19)14-18-6-4-11-24-13-18/h3-7,11,13,19H,8-10,12,14-15H2,1-2H3,(H,25,29). The van der Waals surface area contributed by atoms with Crippen molar-refractivity contribution >= 4 is 5.91 Å². The quantitative estimate of drug-likeness (QED) is 0.657. The highest BCUT2D eigenvalue weighted by Gasteiger charge is 2.22. The molecule has 162 valence electrons. The summed E-state index contributed by atoms with van der Waals surface area (Å²) in [6.07, 6.45) is 5.50. The summed E-state index contributed by atoms with van der Waals surface area (Å²) in [7, 11) is 0. The Balaban J connectivity index is 1.33. The highest BCUT2D eigenvalue weighted by atomic mass is 16.5. The summed E-state index contributed by atoms with van der Waals surface area (Å²) in [5, 5.41) is 7.55. The van der Waals surface area contributed by atoms with Gasteiger partial charge in [0.15, 0.2) is 6.61 Å². The molecule has 0 bridgehead atoms. The number of benzene rings is 1. The number of ether oxygens (including phenoxy) is 1. The van der Waals surface area contributed by atoms with Gasteiger partial charge in [0.25, 0.3) is 5.91 Å². The first-order valence-corrected chi connectivity index (χ1v) is 10.5. The van der Waals surface area contributed by atoms with Crippen LogP contribution in [0.2, 0.25) is 0 Å². The van der Waals surface area contributed by atoms with Crippen LogP contribution in [0.1, 0.15) is 35.4 Å². The topological polar surface area (TPSA) is 91.0 Å². The Labute approximate surface area is 180 Å². The van der Waals surface area contributed by atoms with Crippen molar-refractivity contribution in [3.63, 3.8) is 0 Å². The third-order valence-corrected chi connectivity index (χ3v) is 5.75. The number of pyridine rings is 1. The summed E-state index contributed by atoms with van der Waals surface area (Å²) in [5.74, 6) is 1.34. The van der Waals surface area contributed by atoms with Gasteiger partial charge >= 0.3 is 5.69 Å². The molecule has 4 rings (SSSR count). The van der Waals surface area contributed by atoms with Crippen LogP contribution in [0.5, 0.6) is 5.75 Å². The fourth-order valence-corrected chi connectivity index (χ4v) is 3.83. The van der Waals surface area contributed by atoms with Gasteiger partial charge in [-0.25, -0.2) is 9.48 Å². The smallest absolute Gasteiger partial charge is 0.346 e. The Morgan fingerprint density at radius 2 is 2.10 bits per heavy atom. The molecule has 0 saturated carbocycles. The van der Waals surface area contributed by atoms with E-state index < -0.39 is 0 Å². The molecule has 3 aromatic rings. The highest BCUT2D eigenvalue weighted by Crippen LogP contribution is 2.20. The van der Waals surface area contributed by atoms with Gasteiger partial charge in [0.05, 0.1) is 6.54 Å². The third-order valence-electron chi connectivity index (χ3n) is 5.75. The van der Waals surface area contributed by atoms with Gasteiger partial charge in [-0.1, -0.05) is 18.2 Å². The number of nitrogens with zero attached hydrogens (tertiary/aromatic N) is 4. The molecular weight excluding hydrogens is 394 g/mol. The largest absolute Gasteiger partial charge is 0.483 e. The SMILES string of the molecule is Cc1cccc(OCC(=O)NC2CCc3nn(Cc4cccnc4)c(=O)n3CC2)c1C. The number of nitrogens with one attached hydrogen (secondary N) is 1. The van der Waals surface area contributed by atoms with E-state index in [0.717, 1.165) is 34.7 Å². The Kier molecular flexibility index (Phi) is 6.16. The van der Waals surface area contributed by atoms with Gasteiger partial charge in [0.1, 0.15) is 11.6 Å². The van der Waals surface area contributed by atoms with Crippen LogP contribution in [0.25, 0.3) is 0 Å². The van der Waals surface area contributed by atoms with Crippen LogP contribution < -0.4 is 15.7 Å². The summed E-state index contributed by atoms with van der Waals surface area (Å²) in [6, 6.07) is 9.57. The zero-order chi connectivity index (χ0) is 21.8. The van der Waals surface area contributed by atoms with E-state index in [4.69, 9.17) is 4.74 Å². The van der Waals surface area contributed by atoms with Gasteiger partial charge < -0.3 is 10.1 Å². The van der Waals surface area contributed by atoms with Gasteiger partial charge in [-0.2, -0.15) is 5.10 Å². The second kappa shape index (κ2) is 9.16. The molecule has 0 fully saturated rings. The Morgan fingerprint density at radius 1 is 1.23 bits per heavy atom. The molecule has 1 aliphatic heterocycles. The molecule has 3 heterocycles. The number of aryl methyl sites for hydroxylation is 2. The first kappa shape index (κ1) is 20.8. The van der Waals surface area contributed by atoms with Crippen LogP contribution in [0.4, 0.5) is 0 Å². The van der Waals surface area contributed by atoms with Crippen molar-refractivity contribution in [1.82, 2.24) is 24.6 Å². The van der Waals surface area contributed by atoms with Crippen LogP contribution in [0.3, 0.4) is 0 Å². The molecule has 1 N–H and O–H groups in total. The summed E-state index contributed by atoms with van der Waals surface area (Å²) >= 11 is 0. The number of amides is 1. The maximum absolute atomic E-state index is 12.8. The van der Waals surface area contributed by atoms with Gasteiger partial charge in [0.2, 0.25) is 0 Å². The van der Waals surface area contributed by atoms with E-state index in [0.29, 0.717) is 25.9 Å². The second-order valence-corrected chi connectivity index (χ2v) is 7.95. The fourth-order valence-electron chi connectivity index (χ4n) is 3.83. The molecule has 8 heteroatoms. The molecule has 1 unspecified atom stereocenters. The lowest BCUT2D eigenvalue weighted by molar-refractivity contribution is -0.123. The third kappa shape index (κ3) is 4.84. The van der Waals surface area contributed by atoms with Gasteiger partial charge in [-0.05, 0) is 55.5 Å².